The lowest BCUT2D eigenvalue weighted by Gasteiger charge is -2.39. The van der Waals surface area contributed by atoms with Gasteiger partial charge < -0.3 is 9.64 Å². The van der Waals surface area contributed by atoms with E-state index in [2.05, 4.69) is 15.2 Å². The molecule has 0 bridgehead atoms. The van der Waals surface area contributed by atoms with Gasteiger partial charge in [-0.25, -0.2) is 0 Å². The van der Waals surface area contributed by atoms with Gasteiger partial charge in [0.2, 0.25) is 11.8 Å². The third-order valence-corrected chi connectivity index (χ3v) is 5.56. The van der Waals surface area contributed by atoms with E-state index in [-0.39, 0.29) is 23.8 Å². The highest BCUT2D eigenvalue weighted by atomic mass is 35.5. The Morgan fingerprint density at radius 2 is 1.82 bits per heavy atom. The van der Waals surface area contributed by atoms with Crippen LogP contribution < -0.4 is 4.74 Å². The van der Waals surface area contributed by atoms with Crippen LogP contribution in [-0.4, -0.2) is 45.2 Å². The third-order valence-electron chi connectivity index (χ3n) is 5.26. The van der Waals surface area contributed by atoms with Crippen molar-refractivity contribution in [3.05, 3.63) is 59.4 Å². The van der Waals surface area contributed by atoms with Crippen molar-refractivity contribution in [1.82, 2.24) is 20.1 Å². The van der Waals surface area contributed by atoms with Crippen molar-refractivity contribution < 1.29 is 22.7 Å². The van der Waals surface area contributed by atoms with Gasteiger partial charge in [-0.05, 0) is 18.2 Å². The van der Waals surface area contributed by atoms with Gasteiger partial charge in [0.05, 0.1) is 23.7 Å². The summed E-state index contributed by atoms with van der Waals surface area (Å²) >= 11 is 6.34. The van der Waals surface area contributed by atoms with E-state index in [1.165, 1.54) is 18.3 Å². The standard InChI is InChI=1S/C23H20ClF3N4O2/c1-13(2)22(32)31-11-16(12-31)33-20-9-18(17-7-8-28-10-19(17)24)21(30-29-20)14-3-5-15(6-4-14)23(25,26)27/h3-10,13,16H,11-12H2,1-2H3. The third kappa shape index (κ3) is 4.93. The topological polar surface area (TPSA) is 68.2 Å². The monoisotopic (exact) mass is 476 g/mol. The average Bonchev–Trinajstić information content (AvgIpc) is 2.75. The molecular weight excluding hydrogens is 457 g/mol. The predicted molar refractivity (Wildman–Crippen MR) is 117 cm³/mol. The van der Waals surface area contributed by atoms with E-state index >= 15 is 0 Å². The molecule has 1 saturated heterocycles. The lowest BCUT2D eigenvalue weighted by molar-refractivity contribution is -0.143. The number of alkyl halides is 3. The van der Waals surface area contributed by atoms with E-state index in [4.69, 9.17) is 16.3 Å². The molecule has 1 amide bonds. The Morgan fingerprint density at radius 3 is 2.42 bits per heavy atom. The molecule has 1 fully saturated rings. The number of hydrogen-bond donors (Lipinski definition) is 0. The van der Waals surface area contributed by atoms with Gasteiger partial charge >= 0.3 is 6.18 Å². The number of likely N-dealkylation sites (tertiary alicyclic amines) is 1. The van der Waals surface area contributed by atoms with Gasteiger partial charge in [0.25, 0.3) is 0 Å². The van der Waals surface area contributed by atoms with Crippen molar-refractivity contribution in [2.24, 2.45) is 5.92 Å². The van der Waals surface area contributed by atoms with Crippen molar-refractivity contribution in [1.29, 1.82) is 0 Å². The molecule has 0 N–H and O–H groups in total. The number of amides is 1. The summed E-state index contributed by atoms with van der Waals surface area (Å²) in [5, 5.41) is 8.70. The molecule has 0 radical (unpaired) electrons. The first-order valence-corrected chi connectivity index (χ1v) is 10.6. The minimum absolute atomic E-state index is 0.0582. The zero-order chi connectivity index (χ0) is 23.8. The van der Waals surface area contributed by atoms with Crippen LogP contribution in [0, 0.1) is 5.92 Å². The molecule has 10 heteroatoms. The zero-order valence-corrected chi connectivity index (χ0v) is 18.6. The molecule has 3 aromatic rings. The lowest BCUT2D eigenvalue weighted by Crippen LogP contribution is -2.57. The van der Waals surface area contributed by atoms with Crippen LogP contribution in [0.3, 0.4) is 0 Å². The summed E-state index contributed by atoms with van der Waals surface area (Å²) in [6.45, 7) is 4.58. The maximum Gasteiger partial charge on any atom is 0.416 e. The molecule has 172 valence electrons. The second-order valence-electron chi connectivity index (χ2n) is 8.01. The number of aromatic nitrogens is 3. The van der Waals surface area contributed by atoms with Crippen molar-refractivity contribution in [2.45, 2.75) is 26.1 Å². The fourth-order valence-electron chi connectivity index (χ4n) is 3.49. The SMILES string of the molecule is CC(C)C(=O)N1CC(Oc2cc(-c3ccncc3Cl)c(-c3ccc(C(F)(F)F)cc3)nn2)C1. The summed E-state index contributed by atoms with van der Waals surface area (Å²) in [6.07, 6.45) is -1.64. The Kier molecular flexibility index (Phi) is 6.25. The van der Waals surface area contributed by atoms with Crippen LogP contribution in [0.4, 0.5) is 13.2 Å². The molecule has 0 atom stereocenters. The van der Waals surface area contributed by atoms with Crippen LogP contribution in [0.5, 0.6) is 5.88 Å². The molecule has 3 heterocycles. The number of rotatable bonds is 5. The normalized spacial score (nSPS) is 14.3. The van der Waals surface area contributed by atoms with Gasteiger partial charge in [0.15, 0.2) is 0 Å². The Balaban J connectivity index is 1.64. The molecule has 1 aromatic carbocycles. The summed E-state index contributed by atoms with van der Waals surface area (Å²) in [5.74, 6) is 0.201. The van der Waals surface area contributed by atoms with Crippen LogP contribution >= 0.6 is 11.6 Å². The van der Waals surface area contributed by atoms with Gasteiger partial charge in [-0.15, -0.1) is 10.2 Å². The van der Waals surface area contributed by atoms with Gasteiger partial charge in [-0.3, -0.25) is 9.78 Å². The number of carbonyl (C=O) groups is 1. The lowest BCUT2D eigenvalue weighted by atomic mass is 10.00. The zero-order valence-electron chi connectivity index (χ0n) is 17.8. The second kappa shape index (κ2) is 8.97. The number of carbonyl (C=O) groups excluding carboxylic acids is 1. The molecule has 1 aliphatic rings. The van der Waals surface area contributed by atoms with Gasteiger partial charge in [0, 0.05) is 41.1 Å². The highest BCUT2D eigenvalue weighted by Crippen LogP contribution is 2.37. The molecule has 0 aliphatic carbocycles. The molecule has 4 rings (SSSR count). The Morgan fingerprint density at radius 1 is 1.12 bits per heavy atom. The van der Waals surface area contributed by atoms with Crippen molar-refractivity contribution in [2.75, 3.05) is 13.1 Å². The smallest absolute Gasteiger partial charge is 0.416 e. The number of nitrogens with zero attached hydrogens (tertiary/aromatic N) is 4. The van der Waals surface area contributed by atoms with Crippen LogP contribution in [0.25, 0.3) is 22.4 Å². The number of benzene rings is 1. The second-order valence-corrected chi connectivity index (χ2v) is 8.42. The maximum atomic E-state index is 13.0. The minimum atomic E-state index is -4.44. The summed E-state index contributed by atoms with van der Waals surface area (Å²) in [6, 6.07) is 8.00. The first-order chi connectivity index (χ1) is 15.6. The van der Waals surface area contributed by atoms with Crippen LogP contribution in [0.1, 0.15) is 19.4 Å². The largest absolute Gasteiger partial charge is 0.469 e. The van der Waals surface area contributed by atoms with Crippen LogP contribution in [0.15, 0.2) is 48.8 Å². The average molecular weight is 477 g/mol. The summed E-state index contributed by atoms with van der Waals surface area (Å²) in [7, 11) is 0. The van der Waals surface area contributed by atoms with Crippen molar-refractivity contribution >= 4 is 17.5 Å². The van der Waals surface area contributed by atoms with E-state index < -0.39 is 11.7 Å². The van der Waals surface area contributed by atoms with Crippen LogP contribution in [0.2, 0.25) is 5.02 Å². The van der Waals surface area contributed by atoms with E-state index in [0.29, 0.717) is 40.5 Å². The molecule has 6 nitrogen and oxygen atoms in total. The quantitative estimate of drug-likeness (QED) is 0.511. The summed E-state index contributed by atoms with van der Waals surface area (Å²) in [4.78, 5) is 17.7. The maximum absolute atomic E-state index is 13.0. The minimum Gasteiger partial charge on any atom is -0.469 e. The van der Waals surface area contributed by atoms with E-state index in [0.717, 1.165) is 12.1 Å². The first-order valence-electron chi connectivity index (χ1n) is 10.2. The van der Waals surface area contributed by atoms with Crippen molar-refractivity contribution in [3.63, 3.8) is 0 Å². The number of pyridine rings is 1. The Hall–Kier alpha value is -3.20. The molecule has 0 spiro atoms. The summed E-state index contributed by atoms with van der Waals surface area (Å²) in [5.41, 5.74) is 1.18. The molecule has 0 unspecified atom stereocenters. The van der Waals surface area contributed by atoms with Gasteiger partial charge in [-0.2, -0.15) is 13.2 Å². The van der Waals surface area contributed by atoms with Gasteiger partial charge in [0.1, 0.15) is 11.8 Å². The Bertz CT molecular complexity index is 1160. The van der Waals surface area contributed by atoms with E-state index in [1.54, 1.807) is 23.2 Å². The molecule has 0 saturated carbocycles. The van der Waals surface area contributed by atoms with Crippen LogP contribution in [-0.2, 0) is 11.0 Å². The number of ether oxygens (including phenoxy) is 1. The summed E-state index contributed by atoms with van der Waals surface area (Å²) < 4.78 is 44.8. The first kappa shape index (κ1) is 23.0. The Labute approximate surface area is 193 Å². The number of hydrogen-bond acceptors (Lipinski definition) is 5. The van der Waals surface area contributed by atoms with E-state index in [9.17, 15) is 18.0 Å². The molecule has 1 aliphatic heterocycles. The predicted octanol–water partition coefficient (Wildman–Crippen LogP) is 5.12. The fraction of sp³-hybridized carbons (Fsp3) is 0.304. The fourth-order valence-corrected chi connectivity index (χ4v) is 3.71. The highest BCUT2D eigenvalue weighted by Gasteiger charge is 2.34. The van der Waals surface area contributed by atoms with Gasteiger partial charge in [-0.1, -0.05) is 37.6 Å². The highest BCUT2D eigenvalue weighted by molar-refractivity contribution is 6.33. The van der Waals surface area contributed by atoms with Crippen molar-refractivity contribution in [3.8, 4) is 28.3 Å². The molecular formula is C23H20ClF3N4O2. The molecule has 2 aromatic heterocycles. The number of halogens is 4. The van der Waals surface area contributed by atoms with E-state index in [1.807, 2.05) is 13.8 Å². The molecule has 33 heavy (non-hydrogen) atoms.